The molecule has 0 amide bonds. The number of nitrogens with zero attached hydrogens (tertiary/aromatic N) is 2. The Labute approximate surface area is 101 Å². The fourth-order valence-corrected chi connectivity index (χ4v) is 4.06. The van der Waals surface area contributed by atoms with Gasteiger partial charge in [0.1, 0.15) is 0 Å². The molecule has 2 fully saturated rings. The molecule has 0 N–H and O–H groups in total. The first kappa shape index (κ1) is 12.4. The fraction of sp³-hybridized carbons (Fsp3) is 1.00. The van der Waals surface area contributed by atoms with Gasteiger partial charge in [0.05, 0.1) is 0 Å². The Morgan fingerprint density at radius 2 is 1.69 bits per heavy atom. The fourth-order valence-electron chi connectivity index (χ4n) is 4.06. The van der Waals surface area contributed by atoms with Gasteiger partial charge in [0.15, 0.2) is 0 Å². The van der Waals surface area contributed by atoms with E-state index in [0.29, 0.717) is 10.8 Å². The lowest BCUT2D eigenvalue weighted by molar-refractivity contribution is 0.0665. The summed E-state index contributed by atoms with van der Waals surface area (Å²) in [6, 6.07) is 0.788. The van der Waals surface area contributed by atoms with E-state index in [2.05, 4.69) is 44.5 Å². The standard InChI is InChI=1S/C14H28N2/c1-13(2)8-12-9-15(5)6-7-16(12)11-14(3,4)10-13/h12H,6-11H2,1-5H3. The average Bonchev–Trinajstić information content (AvgIpc) is 2.14. The Hall–Kier alpha value is -0.0800. The minimum absolute atomic E-state index is 0.480. The number of likely N-dealkylation sites (N-methyl/N-ethyl adjacent to an activating group) is 1. The third kappa shape index (κ3) is 2.78. The highest BCUT2D eigenvalue weighted by molar-refractivity contribution is 4.94. The molecule has 2 rings (SSSR count). The first-order chi connectivity index (χ1) is 7.27. The van der Waals surface area contributed by atoms with E-state index in [0.717, 1.165) is 6.04 Å². The molecule has 2 heteroatoms. The first-order valence-electron chi connectivity index (χ1n) is 6.70. The van der Waals surface area contributed by atoms with Crippen molar-refractivity contribution in [2.75, 3.05) is 33.2 Å². The molecule has 2 saturated heterocycles. The highest BCUT2D eigenvalue weighted by Crippen LogP contribution is 2.42. The van der Waals surface area contributed by atoms with Crippen LogP contribution in [0.4, 0.5) is 0 Å². The summed E-state index contributed by atoms with van der Waals surface area (Å²) in [4.78, 5) is 5.24. The molecule has 0 aromatic carbocycles. The van der Waals surface area contributed by atoms with Crippen LogP contribution in [0.15, 0.2) is 0 Å². The SMILES string of the molecule is CN1CCN2CC(C)(C)CC(C)(C)CC2C1. The second kappa shape index (κ2) is 3.99. The van der Waals surface area contributed by atoms with Crippen LogP contribution in [0.5, 0.6) is 0 Å². The molecule has 2 heterocycles. The Balaban J connectivity index is 2.16. The molecule has 1 atom stereocenters. The molecular formula is C14H28N2. The van der Waals surface area contributed by atoms with Crippen LogP contribution in [0.3, 0.4) is 0 Å². The van der Waals surface area contributed by atoms with Gasteiger partial charge < -0.3 is 4.90 Å². The molecule has 2 aliphatic rings. The number of hydrogen-bond acceptors (Lipinski definition) is 2. The molecule has 2 aliphatic heterocycles. The maximum absolute atomic E-state index is 2.74. The van der Waals surface area contributed by atoms with E-state index in [1.54, 1.807) is 0 Å². The molecule has 1 unspecified atom stereocenters. The van der Waals surface area contributed by atoms with Crippen molar-refractivity contribution in [1.29, 1.82) is 0 Å². The molecular weight excluding hydrogens is 196 g/mol. The van der Waals surface area contributed by atoms with Crippen LogP contribution in [-0.4, -0.2) is 49.1 Å². The van der Waals surface area contributed by atoms with Gasteiger partial charge in [-0.15, -0.1) is 0 Å². The topological polar surface area (TPSA) is 6.48 Å². The average molecular weight is 224 g/mol. The second-order valence-electron chi connectivity index (χ2n) is 7.60. The highest BCUT2D eigenvalue weighted by atomic mass is 15.3. The van der Waals surface area contributed by atoms with Crippen molar-refractivity contribution in [3.8, 4) is 0 Å². The number of hydrogen-bond donors (Lipinski definition) is 0. The van der Waals surface area contributed by atoms with Gasteiger partial charge in [-0.3, -0.25) is 4.90 Å². The lowest BCUT2D eigenvalue weighted by atomic mass is 9.74. The zero-order chi connectivity index (χ0) is 12.0. The highest BCUT2D eigenvalue weighted by Gasteiger charge is 2.40. The van der Waals surface area contributed by atoms with Crippen LogP contribution in [0.1, 0.15) is 40.5 Å². The molecule has 0 bridgehead atoms. The lowest BCUT2D eigenvalue weighted by Gasteiger charge is -2.41. The van der Waals surface area contributed by atoms with E-state index < -0.39 is 0 Å². The van der Waals surface area contributed by atoms with Crippen molar-refractivity contribution in [3.05, 3.63) is 0 Å². The molecule has 0 aromatic rings. The molecule has 0 spiro atoms. The monoisotopic (exact) mass is 224 g/mol. The third-order valence-corrected chi connectivity index (χ3v) is 4.18. The Kier molecular flexibility index (Phi) is 3.09. The largest absolute Gasteiger partial charge is 0.304 e. The van der Waals surface area contributed by atoms with E-state index in [9.17, 15) is 0 Å². The molecule has 94 valence electrons. The lowest BCUT2D eigenvalue weighted by Crippen LogP contribution is -2.53. The quantitative estimate of drug-likeness (QED) is 0.623. The number of fused-ring (bicyclic) bond motifs is 1. The van der Waals surface area contributed by atoms with Crippen molar-refractivity contribution in [2.45, 2.75) is 46.6 Å². The van der Waals surface area contributed by atoms with Crippen LogP contribution in [0, 0.1) is 10.8 Å². The molecule has 0 saturated carbocycles. The maximum Gasteiger partial charge on any atom is 0.0228 e. The minimum Gasteiger partial charge on any atom is -0.304 e. The van der Waals surface area contributed by atoms with E-state index in [4.69, 9.17) is 0 Å². The molecule has 16 heavy (non-hydrogen) atoms. The van der Waals surface area contributed by atoms with Crippen LogP contribution >= 0.6 is 0 Å². The van der Waals surface area contributed by atoms with Crippen molar-refractivity contribution < 1.29 is 0 Å². The summed E-state index contributed by atoms with van der Waals surface area (Å²) in [5, 5.41) is 0. The number of piperazine rings is 1. The Morgan fingerprint density at radius 1 is 1.00 bits per heavy atom. The summed E-state index contributed by atoms with van der Waals surface area (Å²) in [5.74, 6) is 0. The van der Waals surface area contributed by atoms with Gasteiger partial charge in [-0.25, -0.2) is 0 Å². The molecule has 2 nitrogen and oxygen atoms in total. The van der Waals surface area contributed by atoms with Crippen LogP contribution in [0.2, 0.25) is 0 Å². The summed E-state index contributed by atoms with van der Waals surface area (Å²) < 4.78 is 0. The maximum atomic E-state index is 2.74. The van der Waals surface area contributed by atoms with Gasteiger partial charge in [0.25, 0.3) is 0 Å². The van der Waals surface area contributed by atoms with Gasteiger partial charge >= 0.3 is 0 Å². The van der Waals surface area contributed by atoms with Gasteiger partial charge in [-0.05, 0) is 30.7 Å². The van der Waals surface area contributed by atoms with Crippen molar-refractivity contribution in [2.24, 2.45) is 10.8 Å². The zero-order valence-electron chi connectivity index (χ0n) is 11.7. The minimum atomic E-state index is 0.480. The van der Waals surface area contributed by atoms with Crippen molar-refractivity contribution >= 4 is 0 Å². The molecule has 0 radical (unpaired) electrons. The predicted molar refractivity (Wildman–Crippen MR) is 69.7 cm³/mol. The summed E-state index contributed by atoms with van der Waals surface area (Å²) >= 11 is 0. The van der Waals surface area contributed by atoms with Gasteiger partial charge in [-0.2, -0.15) is 0 Å². The first-order valence-corrected chi connectivity index (χ1v) is 6.70. The summed E-state index contributed by atoms with van der Waals surface area (Å²) in [6.07, 6.45) is 2.72. The number of rotatable bonds is 0. The van der Waals surface area contributed by atoms with Crippen molar-refractivity contribution in [3.63, 3.8) is 0 Å². The smallest absolute Gasteiger partial charge is 0.0228 e. The van der Waals surface area contributed by atoms with Crippen LogP contribution in [-0.2, 0) is 0 Å². The Bertz CT molecular complexity index is 257. The predicted octanol–water partition coefficient (Wildman–Crippen LogP) is 2.45. The second-order valence-corrected chi connectivity index (χ2v) is 7.60. The molecule has 0 aliphatic carbocycles. The summed E-state index contributed by atoms with van der Waals surface area (Å²) in [6.45, 7) is 14.8. The van der Waals surface area contributed by atoms with E-state index >= 15 is 0 Å². The van der Waals surface area contributed by atoms with Crippen molar-refractivity contribution in [1.82, 2.24) is 9.80 Å². The summed E-state index contributed by atoms with van der Waals surface area (Å²) in [7, 11) is 2.26. The van der Waals surface area contributed by atoms with E-state index in [-0.39, 0.29) is 0 Å². The third-order valence-electron chi connectivity index (χ3n) is 4.18. The van der Waals surface area contributed by atoms with Crippen LogP contribution < -0.4 is 0 Å². The van der Waals surface area contributed by atoms with Crippen LogP contribution in [0.25, 0.3) is 0 Å². The van der Waals surface area contributed by atoms with Gasteiger partial charge in [0, 0.05) is 32.2 Å². The van der Waals surface area contributed by atoms with E-state index in [1.165, 1.54) is 39.0 Å². The van der Waals surface area contributed by atoms with Gasteiger partial charge in [0.2, 0.25) is 0 Å². The Morgan fingerprint density at radius 3 is 2.38 bits per heavy atom. The normalized spacial score (nSPS) is 35.4. The van der Waals surface area contributed by atoms with E-state index in [1.807, 2.05) is 0 Å². The summed E-state index contributed by atoms with van der Waals surface area (Å²) in [5.41, 5.74) is 0.981. The zero-order valence-corrected chi connectivity index (χ0v) is 11.7. The molecule has 0 aromatic heterocycles. The van der Waals surface area contributed by atoms with Gasteiger partial charge in [-0.1, -0.05) is 27.7 Å².